The summed E-state index contributed by atoms with van der Waals surface area (Å²) in [6.45, 7) is 1.23. The van der Waals surface area contributed by atoms with Gasteiger partial charge in [-0.15, -0.1) is 0 Å². The van der Waals surface area contributed by atoms with Gasteiger partial charge in [-0.2, -0.15) is 0 Å². The number of esters is 1. The molecule has 0 saturated heterocycles. The predicted molar refractivity (Wildman–Crippen MR) is 96.5 cm³/mol. The summed E-state index contributed by atoms with van der Waals surface area (Å²) in [5.41, 5.74) is 1.84. The highest BCUT2D eigenvalue weighted by Crippen LogP contribution is 2.15. The summed E-state index contributed by atoms with van der Waals surface area (Å²) in [4.78, 5) is 23.4. The van der Waals surface area contributed by atoms with Gasteiger partial charge < -0.3 is 14.8 Å². The molecule has 0 aliphatic carbocycles. The van der Waals surface area contributed by atoms with Crippen molar-refractivity contribution in [1.29, 1.82) is 0 Å². The van der Waals surface area contributed by atoms with Crippen LogP contribution < -0.4 is 10.1 Å². The molecule has 0 atom stereocenters. The number of hydrogen-bond acceptors (Lipinski definition) is 4. The van der Waals surface area contributed by atoms with Gasteiger partial charge in [-0.25, -0.2) is 9.18 Å². The molecule has 1 amide bonds. The normalized spacial score (nSPS) is 10.2. The van der Waals surface area contributed by atoms with E-state index in [0.717, 1.165) is 19.3 Å². The predicted octanol–water partition coefficient (Wildman–Crippen LogP) is 3.73. The maximum Gasteiger partial charge on any atom is 0.344 e. The maximum atomic E-state index is 13.4. The van der Waals surface area contributed by atoms with E-state index in [0.29, 0.717) is 5.69 Å². The van der Waals surface area contributed by atoms with Crippen molar-refractivity contribution in [3.05, 3.63) is 59.9 Å². The third-order valence-electron chi connectivity index (χ3n) is 3.60. The fourth-order valence-corrected chi connectivity index (χ4v) is 2.22. The molecule has 0 saturated carbocycles. The monoisotopic (exact) mass is 359 g/mol. The minimum atomic E-state index is -0.752. The Labute approximate surface area is 152 Å². The number of carbonyl (C=O) groups excluding carboxylic acids is 2. The summed E-state index contributed by atoms with van der Waals surface area (Å²) in [6, 6.07) is 13.3. The highest BCUT2D eigenvalue weighted by Gasteiger charge is 2.10. The number of benzene rings is 2. The Hall–Kier alpha value is -2.89. The lowest BCUT2D eigenvalue weighted by Crippen LogP contribution is -2.23. The Bertz CT molecular complexity index is 731. The second-order valence-corrected chi connectivity index (χ2v) is 5.73. The third kappa shape index (κ3) is 6.55. The van der Waals surface area contributed by atoms with E-state index in [2.05, 4.69) is 12.2 Å². The van der Waals surface area contributed by atoms with Gasteiger partial charge in [0.25, 0.3) is 5.91 Å². The van der Waals surface area contributed by atoms with Crippen molar-refractivity contribution in [3.8, 4) is 5.75 Å². The van der Waals surface area contributed by atoms with E-state index in [4.69, 9.17) is 9.47 Å². The maximum absolute atomic E-state index is 13.4. The molecule has 0 fully saturated rings. The number of ether oxygens (including phenoxy) is 2. The van der Waals surface area contributed by atoms with Crippen LogP contribution in [-0.2, 0) is 20.7 Å². The molecule has 0 spiro atoms. The van der Waals surface area contributed by atoms with Gasteiger partial charge in [-0.05, 0) is 42.7 Å². The van der Waals surface area contributed by atoms with Crippen molar-refractivity contribution in [2.24, 2.45) is 0 Å². The molecule has 2 aromatic carbocycles. The number of anilines is 1. The number of aryl methyl sites for hydroxylation is 1. The third-order valence-corrected chi connectivity index (χ3v) is 3.60. The van der Waals surface area contributed by atoms with Crippen molar-refractivity contribution in [2.45, 2.75) is 26.2 Å². The first-order chi connectivity index (χ1) is 12.6. The number of hydrogen-bond donors (Lipinski definition) is 1. The number of rotatable bonds is 9. The van der Waals surface area contributed by atoms with Crippen LogP contribution in [-0.4, -0.2) is 25.1 Å². The first-order valence-corrected chi connectivity index (χ1v) is 8.50. The van der Waals surface area contributed by atoms with Gasteiger partial charge in [0.15, 0.2) is 24.8 Å². The minimum Gasteiger partial charge on any atom is -0.479 e. The summed E-state index contributed by atoms with van der Waals surface area (Å²) in [5.74, 6) is -1.82. The smallest absolute Gasteiger partial charge is 0.344 e. The van der Waals surface area contributed by atoms with Crippen LogP contribution in [0, 0.1) is 5.82 Å². The second kappa shape index (κ2) is 10.2. The summed E-state index contributed by atoms with van der Waals surface area (Å²) in [7, 11) is 0. The molecule has 2 aromatic rings. The largest absolute Gasteiger partial charge is 0.479 e. The molecule has 5 nitrogen and oxygen atoms in total. The summed E-state index contributed by atoms with van der Waals surface area (Å²) < 4.78 is 23.2. The van der Waals surface area contributed by atoms with Crippen molar-refractivity contribution in [3.63, 3.8) is 0 Å². The Morgan fingerprint density at radius 3 is 2.46 bits per heavy atom. The lowest BCUT2D eigenvalue weighted by molar-refractivity contribution is -0.149. The van der Waals surface area contributed by atoms with Crippen molar-refractivity contribution in [2.75, 3.05) is 18.5 Å². The van der Waals surface area contributed by atoms with E-state index in [9.17, 15) is 14.0 Å². The first-order valence-electron chi connectivity index (χ1n) is 8.50. The van der Waals surface area contributed by atoms with E-state index < -0.39 is 30.9 Å². The highest BCUT2D eigenvalue weighted by molar-refractivity contribution is 5.92. The van der Waals surface area contributed by atoms with Crippen LogP contribution in [0.5, 0.6) is 5.75 Å². The second-order valence-electron chi connectivity index (χ2n) is 5.73. The van der Waals surface area contributed by atoms with E-state index >= 15 is 0 Å². The molecule has 26 heavy (non-hydrogen) atoms. The van der Waals surface area contributed by atoms with Crippen LogP contribution in [0.2, 0.25) is 0 Å². The Kier molecular flexibility index (Phi) is 7.61. The fraction of sp³-hybridized carbons (Fsp3) is 0.300. The molecule has 0 aliphatic rings. The first kappa shape index (κ1) is 19.4. The zero-order valence-corrected chi connectivity index (χ0v) is 14.7. The lowest BCUT2D eigenvalue weighted by Gasteiger charge is -2.09. The quantitative estimate of drug-likeness (QED) is 0.693. The van der Waals surface area contributed by atoms with Gasteiger partial charge in [0.2, 0.25) is 0 Å². The molecular formula is C20H22FNO4. The fourth-order valence-electron chi connectivity index (χ4n) is 2.22. The molecule has 0 heterocycles. The van der Waals surface area contributed by atoms with Gasteiger partial charge in [0, 0.05) is 5.69 Å². The summed E-state index contributed by atoms with van der Waals surface area (Å²) >= 11 is 0. The van der Waals surface area contributed by atoms with E-state index in [1.54, 1.807) is 6.07 Å². The van der Waals surface area contributed by atoms with E-state index in [1.165, 1.54) is 23.8 Å². The van der Waals surface area contributed by atoms with Crippen LogP contribution in [0.15, 0.2) is 48.5 Å². The van der Waals surface area contributed by atoms with Crippen LogP contribution in [0.1, 0.15) is 25.3 Å². The van der Waals surface area contributed by atoms with Gasteiger partial charge in [-0.3, -0.25) is 4.79 Å². The molecule has 0 aliphatic heterocycles. The number of unbranched alkanes of at least 4 members (excludes halogenated alkanes) is 1. The molecule has 1 N–H and O–H groups in total. The van der Waals surface area contributed by atoms with Crippen LogP contribution in [0.25, 0.3) is 0 Å². The minimum absolute atomic E-state index is 0.0444. The lowest BCUT2D eigenvalue weighted by atomic mass is 10.1. The zero-order valence-electron chi connectivity index (χ0n) is 14.7. The molecule has 138 valence electrons. The molecule has 0 unspecified atom stereocenters. The number of carbonyl (C=O) groups is 2. The Morgan fingerprint density at radius 1 is 1.04 bits per heavy atom. The van der Waals surface area contributed by atoms with Gasteiger partial charge in [0.1, 0.15) is 0 Å². The topological polar surface area (TPSA) is 64.6 Å². The Morgan fingerprint density at radius 2 is 1.77 bits per heavy atom. The summed E-state index contributed by atoms with van der Waals surface area (Å²) in [5, 5.41) is 2.65. The van der Waals surface area contributed by atoms with Gasteiger partial charge >= 0.3 is 5.97 Å². The Balaban J connectivity index is 1.70. The van der Waals surface area contributed by atoms with Crippen LogP contribution in [0.3, 0.4) is 0 Å². The van der Waals surface area contributed by atoms with E-state index in [-0.39, 0.29) is 5.75 Å². The van der Waals surface area contributed by atoms with E-state index in [1.807, 2.05) is 24.3 Å². The number of amides is 1. The van der Waals surface area contributed by atoms with Crippen LogP contribution in [0.4, 0.5) is 10.1 Å². The molecule has 0 aromatic heterocycles. The van der Waals surface area contributed by atoms with Crippen molar-refractivity contribution >= 4 is 17.6 Å². The molecule has 6 heteroatoms. The molecule has 0 radical (unpaired) electrons. The SMILES string of the molecule is CCCCc1ccc(NC(=O)COC(=O)COc2ccccc2F)cc1. The number of nitrogens with one attached hydrogen (secondary N) is 1. The number of para-hydroxylation sites is 1. The van der Waals surface area contributed by atoms with Crippen LogP contribution >= 0.6 is 0 Å². The van der Waals surface area contributed by atoms with Crippen molar-refractivity contribution < 1.29 is 23.5 Å². The molecule has 2 rings (SSSR count). The average molecular weight is 359 g/mol. The summed E-state index contributed by atoms with van der Waals surface area (Å²) in [6.07, 6.45) is 3.26. The molecule has 0 bridgehead atoms. The standard InChI is InChI=1S/C20H22FNO4/c1-2-3-6-15-9-11-16(12-10-15)22-19(23)13-26-20(24)14-25-18-8-5-4-7-17(18)21/h4-5,7-12H,2-3,6,13-14H2,1H3,(H,22,23). The zero-order chi connectivity index (χ0) is 18.8. The number of halogens is 1. The molecular weight excluding hydrogens is 337 g/mol. The van der Waals surface area contributed by atoms with Gasteiger partial charge in [0.05, 0.1) is 0 Å². The van der Waals surface area contributed by atoms with Crippen molar-refractivity contribution in [1.82, 2.24) is 0 Å². The highest BCUT2D eigenvalue weighted by atomic mass is 19.1. The van der Waals surface area contributed by atoms with Gasteiger partial charge in [-0.1, -0.05) is 37.6 Å². The average Bonchev–Trinajstić information content (AvgIpc) is 2.65.